The Kier molecular flexibility index (Phi) is 2.44. The number of carboxylic acids is 1. The van der Waals surface area contributed by atoms with Crippen molar-refractivity contribution < 1.29 is 9.90 Å². The first-order valence-electron chi connectivity index (χ1n) is 3.77. The van der Waals surface area contributed by atoms with E-state index in [0.717, 1.165) is 25.7 Å². The molecule has 11 heavy (non-hydrogen) atoms. The van der Waals surface area contributed by atoms with Crippen molar-refractivity contribution in [2.45, 2.75) is 36.5 Å². The van der Waals surface area contributed by atoms with E-state index in [-0.39, 0.29) is 0 Å². The summed E-state index contributed by atoms with van der Waals surface area (Å²) in [5, 5.41) is 8.63. The van der Waals surface area contributed by atoms with E-state index in [2.05, 4.69) is 12.6 Å². The summed E-state index contributed by atoms with van der Waals surface area (Å²) in [6.07, 6.45) is 3.74. The lowest BCUT2D eigenvalue weighted by atomic mass is 9.98. The van der Waals surface area contributed by atoms with Gasteiger partial charge in [-0.2, -0.15) is 12.6 Å². The highest BCUT2D eigenvalue weighted by atomic mass is 32.1. The third-order valence-electron chi connectivity index (χ3n) is 2.31. The fourth-order valence-electron chi connectivity index (χ4n) is 1.53. The summed E-state index contributed by atoms with van der Waals surface area (Å²) in [5.74, 6) is -0.943. The predicted octanol–water partition coefficient (Wildman–Crippen LogP) is 0.641. The molecule has 1 rings (SSSR count). The zero-order valence-electron chi connectivity index (χ0n) is 6.29. The molecule has 0 aromatic rings. The molecule has 0 aliphatic heterocycles. The SMILES string of the molecule is N[C@H](C(=O)O)C1(S)CCCC1. The number of thiol groups is 1. The van der Waals surface area contributed by atoms with Gasteiger partial charge in [0.05, 0.1) is 0 Å². The van der Waals surface area contributed by atoms with Gasteiger partial charge in [-0.05, 0) is 12.8 Å². The van der Waals surface area contributed by atoms with E-state index in [1.807, 2.05) is 0 Å². The average molecular weight is 175 g/mol. The molecule has 64 valence electrons. The number of carbonyl (C=O) groups is 1. The molecule has 0 aromatic heterocycles. The van der Waals surface area contributed by atoms with Crippen LogP contribution in [0.5, 0.6) is 0 Å². The number of rotatable bonds is 2. The Hall–Kier alpha value is -0.220. The van der Waals surface area contributed by atoms with Crippen molar-refractivity contribution in [2.24, 2.45) is 5.73 Å². The Bertz CT molecular complexity index is 166. The van der Waals surface area contributed by atoms with Crippen LogP contribution in [-0.4, -0.2) is 21.9 Å². The molecular formula is C7H13NO2S. The van der Waals surface area contributed by atoms with Gasteiger partial charge >= 0.3 is 5.97 Å². The monoisotopic (exact) mass is 175 g/mol. The van der Waals surface area contributed by atoms with E-state index < -0.39 is 16.8 Å². The van der Waals surface area contributed by atoms with Gasteiger partial charge in [-0.1, -0.05) is 12.8 Å². The molecule has 1 atom stereocenters. The van der Waals surface area contributed by atoms with Gasteiger partial charge in [-0.15, -0.1) is 0 Å². The Morgan fingerprint density at radius 2 is 2.00 bits per heavy atom. The summed E-state index contributed by atoms with van der Waals surface area (Å²) in [6, 6.07) is -0.812. The second-order valence-electron chi connectivity index (χ2n) is 3.13. The molecule has 1 fully saturated rings. The van der Waals surface area contributed by atoms with Crippen LogP contribution in [0, 0.1) is 0 Å². The van der Waals surface area contributed by atoms with Crippen LogP contribution in [0.15, 0.2) is 0 Å². The van der Waals surface area contributed by atoms with Crippen molar-refractivity contribution in [3.05, 3.63) is 0 Å². The van der Waals surface area contributed by atoms with Crippen molar-refractivity contribution in [1.82, 2.24) is 0 Å². The smallest absolute Gasteiger partial charge is 0.321 e. The lowest BCUT2D eigenvalue weighted by molar-refractivity contribution is -0.139. The minimum absolute atomic E-state index is 0.453. The van der Waals surface area contributed by atoms with Gasteiger partial charge < -0.3 is 10.8 Å². The molecule has 4 heteroatoms. The Balaban J connectivity index is 2.63. The largest absolute Gasteiger partial charge is 0.480 e. The van der Waals surface area contributed by atoms with Crippen molar-refractivity contribution >= 4 is 18.6 Å². The van der Waals surface area contributed by atoms with Crippen molar-refractivity contribution in [1.29, 1.82) is 0 Å². The standard InChI is InChI=1S/C7H13NO2S/c8-5(6(9)10)7(11)3-1-2-4-7/h5,11H,1-4,8H2,(H,9,10)/t5-/m1/s1. The number of hydrogen-bond donors (Lipinski definition) is 3. The van der Waals surface area contributed by atoms with Crippen LogP contribution < -0.4 is 5.73 Å². The van der Waals surface area contributed by atoms with E-state index in [0.29, 0.717) is 0 Å². The summed E-state index contributed by atoms with van der Waals surface area (Å²) in [5.41, 5.74) is 5.48. The number of aliphatic carboxylic acids is 1. The highest BCUT2D eigenvalue weighted by molar-refractivity contribution is 7.82. The lowest BCUT2D eigenvalue weighted by Gasteiger charge is -2.26. The van der Waals surface area contributed by atoms with E-state index in [1.165, 1.54) is 0 Å². The number of carboxylic acid groups (broad SMARTS) is 1. The maximum atomic E-state index is 10.5. The fraction of sp³-hybridized carbons (Fsp3) is 0.857. The Morgan fingerprint density at radius 3 is 2.36 bits per heavy atom. The van der Waals surface area contributed by atoms with Gasteiger partial charge in [0.15, 0.2) is 0 Å². The third kappa shape index (κ3) is 1.68. The molecule has 0 heterocycles. The van der Waals surface area contributed by atoms with Crippen LogP contribution in [0.25, 0.3) is 0 Å². The van der Waals surface area contributed by atoms with E-state index >= 15 is 0 Å². The van der Waals surface area contributed by atoms with Crippen molar-refractivity contribution in [3.63, 3.8) is 0 Å². The molecule has 3 nitrogen and oxygen atoms in total. The Morgan fingerprint density at radius 1 is 1.55 bits per heavy atom. The summed E-state index contributed by atoms with van der Waals surface area (Å²) >= 11 is 4.31. The summed E-state index contributed by atoms with van der Waals surface area (Å²) in [4.78, 5) is 10.5. The molecule has 0 unspecified atom stereocenters. The topological polar surface area (TPSA) is 63.3 Å². The van der Waals surface area contributed by atoms with Crippen LogP contribution in [0.3, 0.4) is 0 Å². The van der Waals surface area contributed by atoms with Gasteiger partial charge in [0, 0.05) is 4.75 Å². The lowest BCUT2D eigenvalue weighted by Crippen LogP contribution is -2.47. The fourth-order valence-corrected chi connectivity index (χ4v) is 1.95. The predicted molar refractivity (Wildman–Crippen MR) is 45.8 cm³/mol. The highest BCUT2D eigenvalue weighted by Gasteiger charge is 2.39. The van der Waals surface area contributed by atoms with E-state index in [9.17, 15) is 4.79 Å². The number of hydrogen-bond acceptors (Lipinski definition) is 3. The summed E-state index contributed by atoms with van der Waals surface area (Å²) in [7, 11) is 0. The van der Waals surface area contributed by atoms with Crippen molar-refractivity contribution in [3.8, 4) is 0 Å². The molecule has 0 radical (unpaired) electrons. The molecule has 0 aromatic carbocycles. The Labute approximate surface area is 71.4 Å². The first kappa shape index (κ1) is 8.87. The normalized spacial score (nSPS) is 24.9. The second kappa shape index (κ2) is 3.03. The van der Waals surface area contributed by atoms with Crippen LogP contribution in [0.4, 0.5) is 0 Å². The van der Waals surface area contributed by atoms with E-state index in [4.69, 9.17) is 10.8 Å². The second-order valence-corrected chi connectivity index (χ2v) is 4.02. The molecular weight excluding hydrogens is 162 g/mol. The minimum Gasteiger partial charge on any atom is -0.480 e. The van der Waals surface area contributed by atoms with Gasteiger partial charge in [0.25, 0.3) is 0 Å². The molecule has 0 amide bonds. The number of nitrogens with two attached hydrogens (primary N) is 1. The zero-order chi connectivity index (χ0) is 8.48. The third-order valence-corrected chi connectivity index (χ3v) is 3.04. The maximum Gasteiger partial charge on any atom is 0.321 e. The first-order valence-corrected chi connectivity index (χ1v) is 4.22. The molecule has 1 aliphatic carbocycles. The quantitative estimate of drug-likeness (QED) is 0.540. The summed E-state index contributed by atoms with van der Waals surface area (Å²) in [6.45, 7) is 0. The van der Waals surface area contributed by atoms with Gasteiger partial charge in [-0.25, -0.2) is 0 Å². The first-order chi connectivity index (χ1) is 5.06. The zero-order valence-corrected chi connectivity index (χ0v) is 7.18. The van der Waals surface area contributed by atoms with Crippen LogP contribution in [0.2, 0.25) is 0 Å². The van der Waals surface area contributed by atoms with Gasteiger partial charge in [-0.3, -0.25) is 4.79 Å². The van der Waals surface area contributed by atoms with Crippen LogP contribution in [-0.2, 0) is 4.79 Å². The van der Waals surface area contributed by atoms with Crippen molar-refractivity contribution in [2.75, 3.05) is 0 Å². The summed E-state index contributed by atoms with van der Waals surface area (Å²) < 4.78 is -0.453. The van der Waals surface area contributed by atoms with Gasteiger partial charge in [0.2, 0.25) is 0 Å². The van der Waals surface area contributed by atoms with Crippen LogP contribution >= 0.6 is 12.6 Å². The van der Waals surface area contributed by atoms with Crippen LogP contribution in [0.1, 0.15) is 25.7 Å². The molecule has 0 saturated heterocycles. The van der Waals surface area contributed by atoms with Gasteiger partial charge in [0.1, 0.15) is 6.04 Å². The molecule has 0 spiro atoms. The molecule has 1 aliphatic rings. The average Bonchev–Trinajstić information content (AvgIpc) is 2.35. The van der Waals surface area contributed by atoms with E-state index in [1.54, 1.807) is 0 Å². The molecule has 1 saturated carbocycles. The highest BCUT2D eigenvalue weighted by Crippen LogP contribution is 2.37. The molecule has 0 bridgehead atoms. The minimum atomic E-state index is -0.943. The molecule has 3 N–H and O–H groups in total. The maximum absolute atomic E-state index is 10.5.